The number of carboxylic acid groups (broad SMARTS) is 1. The summed E-state index contributed by atoms with van der Waals surface area (Å²) in [5.74, 6) is -1.63. The molecule has 3 aliphatic heterocycles. The molecular weight excluding hydrogens is 787 g/mol. The fourth-order valence-electron chi connectivity index (χ4n) is 7.31. The number of fused-ring (bicyclic) bond motifs is 3. The van der Waals surface area contributed by atoms with E-state index < -0.39 is 36.5 Å². The second-order valence-electron chi connectivity index (χ2n) is 14.2. The number of nitrogens with one attached hydrogen (secondary N) is 2. The second-order valence-corrected chi connectivity index (χ2v) is 15.2. The van der Waals surface area contributed by atoms with Crippen molar-refractivity contribution >= 4 is 68.0 Å². The number of benzene rings is 2. The average molecular weight is 832 g/mol. The Morgan fingerprint density at radius 1 is 1.07 bits per heavy atom. The zero-order chi connectivity index (χ0) is 41.6. The summed E-state index contributed by atoms with van der Waals surface area (Å²) >= 11 is 1.18. The lowest BCUT2D eigenvalue weighted by atomic mass is 10.00. The van der Waals surface area contributed by atoms with Crippen LogP contribution in [0.25, 0.3) is 10.2 Å². The van der Waals surface area contributed by atoms with Gasteiger partial charge in [0.25, 0.3) is 11.8 Å². The van der Waals surface area contributed by atoms with E-state index in [4.69, 9.17) is 23.7 Å². The van der Waals surface area contributed by atoms with Gasteiger partial charge in [-0.1, -0.05) is 24.0 Å². The number of anilines is 3. The van der Waals surface area contributed by atoms with E-state index >= 15 is 0 Å². The Morgan fingerprint density at radius 2 is 1.90 bits per heavy atom. The zero-order valence-electron chi connectivity index (χ0n) is 32.6. The van der Waals surface area contributed by atoms with Gasteiger partial charge in [-0.25, -0.2) is 24.5 Å². The first-order valence-corrected chi connectivity index (χ1v) is 20.1. The molecule has 0 aliphatic carbocycles. The molecule has 312 valence electrons. The molecule has 2 fully saturated rings. The van der Waals surface area contributed by atoms with Crippen LogP contribution in [0, 0.1) is 0 Å². The lowest BCUT2D eigenvalue weighted by Gasteiger charge is -2.42. The number of nitrogens with zero attached hydrogens (tertiary/aromatic N) is 5. The van der Waals surface area contributed by atoms with E-state index in [0.29, 0.717) is 36.2 Å². The fourth-order valence-corrected chi connectivity index (χ4v) is 8.16. The maximum atomic E-state index is 14.2. The molecule has 3 atom stereocenters. The normalized spacial score (nSPS) is 18.9. The smallest absolute Gasteiger partial charge is 0.416 e. The summed E-state index contributed by atoms with van der Waals surface area (Å²) in [7, 11) is 3.06. The molecule has 0 saturated carbocycles. The first-order chi connectivity index (χ1) is 28.5. The highest BCUT2D eigenvalue weighted by Crippen LogP contribution is 2.42. The second kappa shape index (κ2) is 18.3. The lowest BCUT2D eigenvalue weighted by Crippen LogP contribution is -2.57. The van der Waals surface area contributed by atoms with E-state index in [1.165, 1.54) is 52.3 Å². The molecule has 7 rings (SSSR count). The van der Waals surface area contributed by atoms with Crippen molar-refractivity contribution in [2.45, 2.75) is 69.9 Å². The number of piperidine rings is 1. The third-order valence-corrected chi connectivity index (χ3v) is 11.1. The van der Waals surface area contributed by atoms with E-state index in [0.717, 1.165) is 25.7 Å². The number of aromatic carboxylic acids is 1. The number of carboxylic acids is 1. The summed E-state index contributed by atoms with van der Waals surface area (Å²) in [6.07, 6.45) is 5.77. The monoisotopic (exact) mass is 831 g/mol. The van der Waals surface area contributed by atoms with Gasteiger partial charge in [0.05, 0.1) is 46.8 Å². The number of ether oxygens (including phenoxy) is 5. The minimum atomic E-state index is -1.08. The molecule has 4 amide bonds. The van der Waals surface area contributed by atoms with Gasteiger partial charge in [-0.2, -0.15) is 0 Å². The van der Waals surface area contributed by atoms with E-state index in [1.807, 2.05) is 0 Å². The molecule has 18 nitrogen and oxygen atoms in total. The zero-order valence-corrected chi connectivity index (χ0v) is 33.5. The third kappa shape index (κ3) is 9.16. The molecule has 19 heteroatoms. The van der Waals surface area contributed by atoms with Crippen molar-refractivity contribution in [1.29, 1.82) is 0 Å². The Bertz CT molecular complexity index is 2250. The number of hydrogen-bond acceptors (Lipinski definition) is 13. The van der Waals surface area contributed by atoms with Crippen LogP contribution in [-0.4, -0.2) is 106 Å². The molecule has 2 saturated heterocycles. The maximum Gasteiger partial charge on any atom is 0.416 e. The molecule has 4 aromatic rings. The number of amides is 4. The first kappa shape index (κ1) is 41.1. The molecule has 2 aromatic carbocycles. The minimum Gasteiger partial charge on any atom is -0.493 e. The number of aryl methyl sites for hydroxylation is 1. The number of methoxy groups -OCH3 is 1. The molecule has 1 unspecified atom stereocenters. The summed E-state index contributed by atoms with van der Waals surface area (Å²) in [5, 5.41) is 14.9. The molecule has 0 radical (unpaired) electrons. The number of rotatable bonds is 14. The van der Waals surface area contributed by atoms with Crippen LogP contribution in [0.2, 0.25) is 0 Å². The summed E-state index contributed by atoms with van der Waals surface area (Å²) < 4.78 is 32.0. The van der Waals surface area contributed by atoms with Crippen LogP contribution in [0.1, 0.15) is 82.7 Å². The first-order valence-electron chi connectivity index (χ1n) is 19.3. The predicted octanol–water partition coefficient (Wildman–Crippen LogP) is 5.79. The van der Waals surface area contributed by atoms with Gasteiger partial charge in [-0.05, 0) is 69.2 Å². The van der Waals surface area contributed by atoms with Crippen LogP contribution < -0.4 is 25.0 Å². The van der Waals surface area contributed by atoms with Gasteiger partial charge in [0, 0.05) is 38.9 Å². The average Bonchev–Trinajstić information content (AvgIpc) is 3.80. The highest BCUT2D eigenvalue weighted by molar-refractivity contribution is 7.22. The van der Waals surface area contributed by atoms with E-state index in [-0.39, 0.29) is 83.0 Å². The molecule has 5 heterocycles. The van der Waals surface area contributed by atoms with Gasteiger partial charge in [0.1, 0.15) is 6.61 Å². The van der Waals surface area contributed by atoms with Crippen LogP contribution >= 0.6 is 11.3 Å². The number of thiazole rings is 1. The summed E-state index contributed by atoms with van der Waals surface area (Å²) in [6, 6.07) is 7.18. The largest absolute Gasteiger partial charge is 0.493 e. The molecule has 0 spiro atoms. The highest BCUT2D eigenvalue weighted by Gasteiger charge is 2.47. The molecule has 3 aliphatic rings. The topological polar surface area (TPSA) is 213 Å². The van der Waals surface area contributed by atoms with Crippen molar-refractivity contribution in [3.8, 4) is 11.5 Å². The molecule has 0 bridgehead atoms. The number of carbonyl (C=O) groups excluding carboxylic acids is 4. The molecule has 2 aromatic heterocycles. The number of carbonyl (C=O) groups is 5. The summed E-state index contributed by atoms with van der Waals surface area (Å²) in [5.41, 5.74) is 0.976. The van der Waals surface area contributed by atoms with Crippen LogP contribution in [0.15, 0.2) is 49.2 Å². The van der Waals surface area contributed by atoms with E-state index in [2.05, 4.69) is 27.2 Å². The molecule has 59 heavy (non-hydrogen) atoms. The van der Waals surface area contributed by atoms with Gasteiger partial charge in [-0.3, -0.25) is 19.7 Å². The predicted molar refractivity (Wildman–Crippen MR) is 215 cm³/mol. The van der Waals surface area contributed by atoms with Gasteiger partial charge in [0.15, 0.2) is 35.0 Å². The third-order valence-electron chi connectivity index (χ3n) is 10.1. The van der Waals surface area contributed by atoms with Gasteiger partial charge < -0.3 is 43.6 Å². The highest BCUT2D eigenvalue weighted by atomic mass is 32.1. The maximum absolute atomic E-state index is 14.2. The van der Waals surface area contributed by atoms with Crippen LogP contribution in [0.4, 0.5) is 21.4 Å². The Labute approximate surface area is 343 Å². The van der Waals surface area contributed by atoms with Crippen molar-refractivity contribution < 1.29 is 52.8 Å². The Balaban J connectivity index is 1.02. The Morgan fingerprint density at radius 3 is 2.66 bits per heavy atom. The van der Waals surface area contributed by atoms with E-state index in [1.54, 1.807) is 30.1 Å². The van der Waals surface area contributed by atoms with Crippen LogP contribution in [0.3, 0.4) is 0 Å². The van der Waals surface area contributed by atoms with Crippen LogP contribution in [-0.2, 0) is 26.1 Å². The van der Waals surface area contributed by atoms with Gasteiger partial charge >= 0.3 is 12.1 Å². The van der Waals surface area contributed by atoms with Crippen molar-refractivity contribution in [2.75, 3.05) is 49.0 Å². The van der Waals surface area contributed by atoms with Crippen molar-refractivity contribution in [3.05, 3.63) is 66.1 Å². The van der Waals surface area contributed by atoms with Crippen molar-refractivity contribution in [2.24, 2.45) is 7.05 Å². The Hall–Kier alpha value is -6.05. The number of hydrogen-bond donors (Lipinski definition) is 3. The fraction of sp³-hybridized carbons (Fsp3) is 0.425. The van der Waals surface area contributed by atoms with Gasteiger partial charge in [-0.15, -0.1) is 0 Å². The van der Waals surface area contributed by atoms with Crippen molar-refractivity contribution in [1.82, 2.24) is 19.4 Å². The Kier molecular flexibility index (Phi) is 12.7. The van der Waals surface area contributed by atoms with Gasteiger partial charge in [0.2, 0.25) is 11.7 Å². The lowest BCUT2D eigenvalue weighted by molar-refractivity contribution is -0.198. The number of imidazole rings is 1. The van der Waals surface area contributed by atoms with E-state index in [9.17, 15) is 29.1 Å². The molecule has 3 N–H and O–H groups in total. The van der Waals surface area contributed by atoms with Crippen molar-refractivity contribution in [3.63, 3.8) is 0 Å². The molecular formula is C40H45N7O11S. The number of aromatic nitrogens is 3. The SMILES string of the molecule is C=CCOC(=O)N1c2cc(OCCCC(=O)Nc3cn(C)c(C(=O)Nc4nc5cc(C(=O)O)ccc5s4)n3)c(OC)cc2C(=O)N2CCCC[C@H]2[C@@H]1OC1CCCCO1. The summed E-state index contributed by atoms with van der Waals surface area (Å²) in [6.45, 7) is 4.70. The quantitative estimate of drug-likeness (QED) is 0.102. The van der Waals surface area contributed by atoms with Crippen LogP contribution in [0.5, 0.6) is 11.5 Å². The summed E-state index contributed by atoms with van der Waals surface area (Å²) in [4.78, 5) is 77.2. The standard InChI is InChI=1S/C40H45N7O11S/c1-4-16-57-40(53)47-27-21-29(28(54-3)20-24(27)36(50)46-15-7-5-10-26(46)37(47)58-33-12-6-8-17-56-33)55-18-9-11-32(48)42-31-22-45(2)34(43-31)35(49)44-39-41-25-19-23(38(51)52)13-14-30(25)59-39/h4,13-14,19-22,26,33,37H,1,5-12,15-18H2,2-3H3,(H,42,48)(H,51,52)(H,41,44,49)/t26-,33?,37-/m0/s1. The minimum absolute atomic E-state index is 0.0141.